The number of benzene rings is 2. The highest BCUT2D eigenvalue weighted by Gasteiger charge is 2.31. The lowest BCUT2D eigenvalue weighted by atomic mass is 10.1. The standard InChI is InChI=1S/C22H21N5OS/c1-14-8-10-17(11-9-14)21-25-24-20(28-21)15(2)29-22-23-19(16-12-13-16)27(26-22)18-6-4-3-5-7-18/h3-11,15-16H,12-13H2,1-2H3. The van der Waals surface area contributed by atoms with Crippen molar-refractivity contribution in [3.63, 3.8) is 0 Å². The topological polar surface area (TPSA) is 69.6 Å². The molecular formula is C22H21N5OS. The largest absolute Gasteiger partial charge is 0.419 e. The summed E-state index contributed by atoms with van der Waals surface area (Å²) in [4.78, 5) is 4.81. The molecule has 0 amide bonds. The number of hydrogen-bond acceptors (Lipinski definition) is 6. The molecule has 0 spiro atoms. The van der Waals surface area contributed by atoms with Crippen LogP contribution in [0.4, 0.5) is 0 Å². The van der Waals surface area contributed by atoms with Crippen molar-refractivity contribution in [2.75, 3.05) is 0 Å². The van der Waals surface area contributed by atoms with Gasteiger partial charge >= 0.3 is 0 Å². The third-order valence-corrected chi connectivity index (χ3v) is 5.86. The first kappa shape index (κ1) is 18.1. The molecule has 1 aliphatic rings. The maximum atomic E-state index is 5.92. The molecule has 1 aliphatic carbocycles. The molecule has 2 aromatic heterocycles. The fourth-order valence-corrected chi connectivity index (χ4v) is 3.93. The molecule has 2 heterocycles. The van der Waals surface area contributed by atoms with Crippen molar-refractivity contribution in [2.45, 2.75) is 43.0 Å². The van der Waals surface area contributed by atoms with E-state index in [2.05, 4.69) is 29.3 Å². The minimum Gasteiger partial charge on any atom is -0.419 e. The van der Waals surface area contributed by atoms with E-state index in [0.29, 0.717) is 17.7 Å². The highest BCUT2D eigenvalue weighted by Crippen LogP contribution is 2.41. The summed E-state index contributed by atoms with van der Waals surface area (Å²) < 4.78 is 7.89. The van der Waals surface area contributed by atoms with Gasteiger partial charge in [0.05, 0.1) is 10.9 Å². The maximum absolute atomic E-state index is 5.92. The monoisotopic (exact) mass is 403 g/mol. The van der Waals surface area contributed by atoms with Crippen molar-refractivity contribution in [3.8, 4) is 17.1 Å². The number of hydrogen-bond donors (Lipinski definition) is 0. The lowest BCUT2D eigenvalue weighted by Gasteiger charge is -2.04. The zero-order valence-corrected chi connectivity index (χ0v) is 17.1. The van der Waals surface area contributed by atoms with Gasteiger partial charge in [0, 0.05) is 11.5 Å². The summed E-state index contributed by atoms with van der Waals surface area (Å²) in [6, 6.07) is 18.2. The lowest BCUT2D eigenvalue weighted by molar-refractivity contribution is 0.509. The molecule has 1 saturated carbocycles. The number of rotatable bonds is 6. The van der Waals surface area contributed by atoms with Gasteiger partial charge in [-0.25, -0.2) is 9.67 Å². The molecular weight excluding hydrogens is 382 g/mol. The van der Waals surface area contributed by atoms with Gasteiger partial charge in [0.25, 0.3) is 0 Å². The van der Waals surface area contributed by atoms with E-state index in [0.717, 1.165) is 22.2 Å². The van der Waals surface area contributed by atoms with Crippen molar-refractivity contribution in [2.24, 2.45) is 0 Å². The fourth-order valence-electron chi connectivity index (χ4n) is 3.14. The Morgan fingerprint density at radius 1 is 1.03 bits per heavy atom. The van der Waals surface area contributed by atoms with Crippen LogP contribution in [0.5, 0.6) is 0 Å². The van der Waals surface area contributed by atoms with Crippen LogP contribution < -0.4 is 0 Å². The highest BCUT2D eigenvalue weighted by molar-refractivity contribution is 7.99. The van der Waals surface area contributed by atoms with E-state index in [9.17, 15) is 0 Å². The molecule has 7 heteroatoms. The van der Waals surface area contributed by atoms with Gasteiger partial charge in [0.1, 0.15) is 5.82 Å². The predicted molar refractivity (Wildman–Crippen MR) is 112 cm³/mol. The van der Waals surface area contributed by atoms with Crippen LogP contribution in [-0.4, -0.2) is 25.0 Å². The first-order chi connectivity index (χ1) is 14.2. The van der Waals surface area contributed by atoms with Gasteiger partial charge in [0.15, 0.2) is 0 Å². The Labute approximate surface area is 173 Å². The van der Waals surface area contributed by atoms with Crippen molar-refractivity contribution in [1.29, 1.82) is 0 Å². The van der Waals surface area contributed by atoms with Crippen molar-refractivity contribution >= 4 is 11.8 Å². The van der Waals surface area contributed by atoms with Gasteiger partial charge in [-0.15, -0.1) is 15.3 Å². The molecule has 5 rings (SSSR count). The average molecular weight is 404 g/mol. The first-order valence-electron chi connectivity index (χ1n) is 9.77. The summed E-state index contributed by atoms with van der Waals surface area (Å²) >= 11 is 1.54. The Morgan fingerprint density at radius 2 is 1.79 bits per heavy atom. The van der Waals surface area contributed by atoms with Crippen LogP contribution in [0, 0.1) is 6.92 Å². The maximum Gasteiger partial charge on any atom is 0.247 e. The van der Waals surface area contributed by atoms with Crippen LogP contribution in [0.25, 0.3) is 17.1 Å². The number of aromatic nitrogens is 5. The van der Waals surface area contributed by atoms with Crippen LogP contribution in [0.3, 0.4) is 0 Å². The Morgan fingerprint density at radius 3 is 2.52 bits per heavy atom. The fraction of sp³-hybridized carbons (Fsp3) is 0.273. The van der Waals surface area contributed by atoms with E-state index in [1.165, 1.54) is 18.4 Å². The number of para-hydroxylation sites is 1. The van der Waals surface area contributed by atoms with Crippen LogP contribution in [0.15, 0.2) is 64.2 Å². The summed E-state index contributed by atoms with van der Waals surface area (Å²) in [6.45, 7) is 4.09. The summed E-state index contributed by atoms with van der Waals surface area (Å²) in [5.41, 5.74) is 3.17. The third kappa shape index (κ3) is 3.82. The molecule has 0 aliphatic heterocycles. The Kier molecular flexibility index (Phi) is 4.67. The molecule has 0 saturated heterocycles. The number of nitrogens with zero attached hydrogens (tertiary/aromatic N) is 5. The number of aryl methyl sites for hydroxylation is 1. The normalized spacial score (nSPS) is 14.8. The van der Waals surface area contributed by atoms with E-state index in [1.54, 1.807) is 11.8 Å². The van der Waals surface area contributed by atoms with Crippen LogP contribution in [0.2, 0.25) is 0 Å². The predicted octanol–water partition coefficient (Wildman–Crippen LogP) is 5.36. The van der Waals surface area contributed by atoms with Gasteiger partial charge in [-0.3, -0.25) is 0 Å². The molecule has 2 aromatic carbocycles. The summed E-state index contributed by atoms with van der Waals surface area (Å²) in [5.74, 6) is 2.66. The van der Waals surface area contributed by atoms with E-state index in [1.807, 2.05) is 54.1 Å². The van der Waals surface area contributed by atoms with E-state index in [-0.39, 0.29) is 5.25 Å². The smallest absolute Gasteiger partial charge is 0.247 e. The molecule has 1 atom stereocenters. The zero-order chi connectivity index (χ0) is 19.8. The number of thioether (sulfide) groups is 1. The molecule has 0 bridgehead atoms. The minimum atomic E-state index is -0.0413. The summed E-state index contributed by atoms with van der Waals surface area (Å²) in [7, 11) is 0. The molecule has 6 nitrogen and oxygen atoms in total. The molecule has 146 valence electrons. The van der Waals surface area contributed by atoms with Gasteiger partial charge in [-0.1, -0.05) is 47.7 Å². The van der Waals surface area contributed by atoms with E-state index >= 15 is 0 Å². The lowest BCUT2D eigenvalue weighted by Crippen LogP contribution is -2.01. The Bertz CT molecular complexity index is 1120. The molecule has 4 aromatic rings. The van der Waals surface area contributed by atoms with E-state index < -0.39 is 0 Å². The van der Waals surface area contributed by atoms with Crippen LogP contribution >= 0.6 is 11.8 Å². The second-order valence-corrected chi connectivity index (χ2v) is 8.65. The third-order valence-electron chi connectivity index (χ3n) is 4.93. The van der Waals surface area contributed by atoms with Gasteiger partial charge < -0.3 is 4.42 Å². The minimum absolute atomic E-state index is 0.0413. The summed E-state index contributed by atoms with van der Waals surface area (Å²) in [5, 5.41) is 13.9. The van der Waals surface area contributed by atoms with Crippen molar-refractivity contribution in [1.82, 2.24) is 25.0 Å². The molecule has 29 heavy (non-hydrogen) atoms. The molecule has 0 N–H and O–H groups in total. The van der Waals surface area contributed by atoms with Crippen LogP contribution in [0.1, 0.15) is 48.2 Å². The Balaban J connectivity index is 1.37. The van der Waals surface area contributed by atoms with Gasteiger partial charge in [-0.2, -0.15) is 0 Å². The van der Waals surface area contributed by atoms with Crippen molar-refractivity contribution in [3.05, 3.63) is 71.9 Å². The van der Waals surface area contributed by atoms with E-state index in [4.69, 9.17) is 14.5 Å². The highest BCUT2D eigenvalue weighted by atomic mass is 32.2. The quantitative estimate of drug-likeness (QED) is 0.404. The second-order valence-electron chi connectivity index (χ2n) is 7.35. The van der Waals surface area contributed by atoms with Gasteiger partial charge in [0.2, 0.25) is 16.9 Å². The van der Waals surface area contributed by atoms with Crippen molar-refractivity contribution < 1.29 is 4.42 Å². The molecule has 1 fully saturated rings. The van der Waals surface area contributed by atoms with Crippen LogP contribution in [-0.2, 0) is 0 Å². The average Bonchev–Trinajstić information content (AvgIpc) is 3.31. The second kappa shape index (κ2) is 7.48. The zero-order valence-electron chi connectivity index (χ0n) is 16.3. The molecule has 1 unspecified atom stereocenters. The SMILES string of the molecule is Cc1ccc(-c2nnc(C(C)Sc3nc(C4CC4)n(-c4ccccc4)n3)o2)cc1. The Hall–Kier alpha value is -2.93. The molecule has 0 radical (unpaired) electrons. The van der Waals surface area contributed by atoms with Gasteiger partial charge in [-0.05, 0) is 51.0 Å². The first-order valence-corrected chi connectivity index (χ1v) is 10.6. The summed E-state index contributed by atoms with van der Waals surface area (Å²) in [6.07, 6.45) is 2.35.